The second kappa shape index (κ2) is 6.51. The molecule has 2 rings (SSSR count). The molecule has 0 unspecified atom stereocenters. The Morgan fingerprint density at radius 3 is 2.46 bits per heavy atom. The smallest absolute Gasteiger partial charge is 0.332 e. The summed E-state index contributed by atoms with van der Waals surface area (Å²) < 4.78 is 25.4. The van der Waals surface area contributed by atoms with Gasteiger partial charge in [-0.25, -0.2) is 9.52 Å². The minimum atomic E-state index is -4.33. The summed E-state index contributed by atoms with van der Waals surface area (Å²) in [7, 11) is -3.21. The number of phenolic OH excluding ortho intramolecular Hbond substituents is 2. The van der Waals surface area contributed by atoms with Gasteiger partial charge in [0.2, 0.25) is 0 Å². The Hall–Kier alpha value is -2.57. The van der Waals surface area contributed by atoms with Gasteiger partial charge in [0.1, 0.15) is 0 Å². The first-order valence-electron chi connectivity index (χ1n) is 6.74. The lowest BCUT2D eigenvalue weighted by molar-refractivity contribution is 0.0762. The fourth-order valence-corrected chi connectivity index (χ4v) is 2.80. The molecule has 1 aliphatic heterocycles. The molecule has 11 nitrogen and oxygen atoms in total. The van der Waals surface area contributed by atoms with Crippen LogP contribution in [0.5, 0.6) is 11.5 Å². The fraction of sp³-hybridized carbons (Fsp3) is 0.333. The molecular weight excluding hydrogens is 342 g/mol. The molecule has 0 radical (unpaired) electrons. The zero-order chi connectivity index (χ0) is 18.1. The third kappa shape index (κ3) is 4.04. The number of rotatable bonds is 4. The molecule has 0 aliphatic carbocycles. The zero-order valence-corrected chi connectivity index (χ0v) is 13.4. The van der Waals surface area contributed by atoms with Crippen LogP contribution in [0.2, 0.25) is 0 Å². The number of carbonyl (C=O) groups is 2. The molecule has 1 heterocycles. The first kappa shape index (κ1) is 17.8. The number of aromatic hydroxyl groups is 2. The van der Waals surface area contributed by atoms with Crippen molar-refractivity contribution in [1.29, 1.82) is 0 Å². The number of nitrogens with two attached hydrogens (primary N) is 1. The van der Waals surface area contributed by atoms with E-state index in [0.717, 1.165) is 19.2 Å². The summed E-state index contributed by atoms with van der Waals surface area (Å²) in [5, 5.41) is 19.2. The van der Waals surface area contributed by atoms with Crippen LogP contribution < -0.4 is 15.3 Å². The summed E-state index contributed by atoms with van der Waals surface area (Å²) in [6.45, 7) is 0.478. The molecule has 0 aromatic heterocycles. The maximum Gasteiger partial charge on any atom is 0.332 e. The molecule has 0 bridgehead atoms. The minimum Gasteiger partial charge on any atom is -0.504 e. The Morgan fingerprint density at radius 1 is 1.29 bits per heavy atom. The summed E-state index contributed by atoms with van der Waals surface area (Å²) in [5.74, 6) is -1.76. The molecule has 0 saturated carbocycles. The van der Waals surface area contributed by atoms with E-state index in [1.165, 1.54) is 11.0 Å². The van der Waals surface area contributed by atoms with Crippen molar-refractivity contribution in [2.24, 2.45) is 5.73 Å². The number of likely N-dealkylation sites (tertiary alicyclic amines) is 1. The molecule has 1 aliphatic rings. The molecule has 1 aromatic rings. The van der Waals surface area contributed by atoms with E-state index in [2.05, 4.69) is 0 Å². The number of hydrazine groups is 1. The summed E-state index contributed by atoms with van der Waals surface area (Å²) in [5.41, 5.74) is 5.43. The Labute approximate surface area is 137 Å². The molecular formula is C12H17N5O6S. The van der Waals surface area contributed by atoms with Crippen molar-refractivity contribution in [1.82, 2.24) is 19.5 Å². The lowest BCUT2D eigenvalue weighted by Crippen LogP contribution is -2.62. The van der Waals surface area contributed by atoms with Gasteiger partial charge < -0.3 is 20.8 Å². The molecule has 1 aromatic carbocycles. The highest BCUT2D eigenvalue weighted by atomic mass is 32.2. The Bertz CT molecular complexity index is 761. The predicted octanol–water partition coefficient (Wildman–Crippen LogP) is -1.73. The predicted molar refractivity (Wildman–Crippen MR) is 82.0 cm³/mol. The maximum atomic E-state index is 12.1. The van der Waals surface area contributed by atoms with Gasteiger partial charge in [0, 0.05) is 31.7 Å². The van der Waals surface area contributed by atoms with Crippen molar-refractivity contribution in [2.75, 3.05) is 20.1 Å². The number of nitrogens with zero attached hydrogens (tertiary/aromatic N) is 2. The third-order valence-corrected chi connectivity index (χ3v) is 4.16. The highest BCUT2D eigenvalue weighted by Crippen LogP contribution is 2.25. The van der Waals surface area contributed by atoms with Gasteiger partial charge in [-0.15, -0.1) is 4.83 Å². The summed E-state index contributed by atoms with van der Waals surface area (Å²) in [6.07, 6.45) is 0. The number of hydrogen-bond acceptors (Lipinski definition) is 7. The molecule has 132 valence electrons. The van der Waals surface area contributed by atoms with Crippen molar-refractivity contribution < 1.29 is 28.2 Å². The van der Waals surface area contributed by atoms with Gasteiger partial charge in [-0.1, -0.05) is 0 Å². The van der Waals surface area contributed by atoms with Crippen molar-refractivity contribution >= 4 is 22.1 Å². The molecule has 24 heavy (non-hydrogen) atoms. The van der Waals surface area contributed by atoms with Crippen LogP contribution >= 0.6 is 0 Å². The van der Waals surface area contributed by atoms with E-state index in [0.29, 0.717) is 5.01 Å². The lowest BCUT2D eigenvalue weighted by atomic mass is 10.1. The van der Waals surface area contributed by atoms with Crippen LogP contribution in [0.3, 0.4) is 0 Å². The van der Waals surface area contributed by atoms with E-state index in [4.69, 9.17) is 5.73 Å². The van der Waals surface area contributed by atoms with Gasteiger partial charge in [0.25, 0.3) is 5.91 Å². The quantitative estimate of drug-likeness (QED) is 0.315. The molecule has 0 spiro atoms. The monoisotopic (exact) mass is 359 g/mol. The summed E-state index contributed by atoms with van der Waals surface area (Å²) in [6, 6.07) is 2.22. The van der Waals surface area contributed by atoms with Crippen LogP contribution in [-0.2, 0) is 10.2 Å². The van der Waals surface area contributed by atoms with Gasteiger partial charge in [0.15, 0.2) is 11.5 Å². The van der Waals surface area contributed by atoms with Crippen LogP contribution in [0.15, 0.2) is 18.2 Å². The van der Waals surface area contributed by atoms with Crippen molar-refractivity contribution in [3.8, 4) is 11.5 Å². The van der Waals surface area contributed by atoms with Crippen molar-refractivity contribution in [2.45, 2.75) is 6.04 Å². The minimum absolute atomic E-state index is 0.0736. The number of nitrogens with one attached hydrogen (secondary N) is 2. The number of hydrogen-bond donors (Lipinski definition) is 5. The molecule has 0 atom stereocenters. The summed E-state index contributed by atoms with van der Waals surface area (Å²) in [4.78, 5) is 26.8. The zero-order valence-electron chi connectivity index (χ0n) is 12.6. The van der Waals surface area contributed by atoms with Crippen LogP contribution in [0.4, 0.5) is 4.79 Å². The van der Waals surface area contributed by atoms with Crippen LogP contribution in [0.25, 0.3) is 0 Å². The first-order valence-corrected chi connectivity index (χ1v) is 8.22. The summed E-state index contributed by atoms with van der Waals surface area (Å²) >= 11 is 0. The SMILES string of the molecule is CN(NS(=O)(=O)NC(=O)N1CC(N)C1)C(=O)c1ccc(O)c(O)c1. The van der Waals surface area contributed by atoms with Gasteiger partial charge >= 0.3 is 16.2 Å². The highest BCUT2D eigenvalue weighted by Gasteiger charge is 2.30. The molecule has 3 amide bonds. The Kier molecular flexibility index (Phi) is 4.82. The average Bonchev–Trinajstić information content (AvgIpc) is 2.44. The highest BCUT2D eigenvalue weighted by molar-refractivity contribution is 7.88. The Morgan fingerprint density at radius 2 is 1.92 bits per heavy atom. The largest absolute Gasteiger partial charge is 0.504 e. The van der Waals surface area contributed by atoms with E-state index >= 15 is 0 Å². The van der Waals surface area contributed by atoms with E-state index in [9.17, 15) is 28.2 Å². The van der Waals surface area contributed by atoms with Crippen molar-refractivity contribution in [3.63, 3.8) is 0 Å². The van der Waals surface area contributed by atoms with E-state index in [1.54, 1.807) is 4.72 Å². The number of phenols is 2. The molecule has 1 saturated heterocycles. The van der Waals surface area contributed by atoms with Crippen LogP contribution in [0, 0.1) is 0 Å². The van der Waals surface area contributed by atoms with E-state index in [1.807, 2.05) is 4.83 Å². The molecule has 1 fully saturated rings. The maximum absolute atomic E-state index is 12.1. The number of urea groups is 1. The second-order valence-electron chi connectivity index (χ2n) is 5.23. The first-order chi connectivity index (χ1) is 11.1. The second-order valence-corrected chi connectivity index (χ2v) is 6.63. The van der Waals surface area contributed by atoms with Gasteiger partial charge in [0.05, 0.1) is 0 Å². The van der Waals surface area contributed by atoms with Gasteiger partial charge in [-0.05, 0) is 18.2 Å². The van der Waals surface area contributed by atoms with Gasteiger partial charge in [-0.2, -0.15) is 8.42 Å². The lowest BCUT2D eigenvalue weighted by Gasteiger charge is -2.36. The number of amides is 3. The Balaban J connectivity index is 1.99. The van der Waals surface area contributed by atoms with E-state index in [-0.39, 0.29) is 24.7 Å². The van der Waals surface area contributed by atoms with Crippen LogP contribution in [-0.4, -0.2) is 66.7 Å². The number of benzene rings is 1. The third-order valence-electron chi connectivity index (χ3n) is 3.20. The fourth-order valence-electron chi connectivity index (χ4n) is 1.95. The normalized spacial score (nSPS) is 14.8. The molecule has 6 N–H and O–H groups in total. The number of carbonyl (C=O) groups excluding carboxylic acids is 2. The van der Waals surface area contributed by atoms with E-state index < -0.39 is 33.6 Å². The average molecular weight is 359 g/mol. The molecule has 12 heteroatoms. The van der Waals surface area contributed by atoms with Gasteiger partial charge in [-0.3, -0.25) is 9.80 Å². The van der Waals surface area contributed by atoms with Crippen molar-refractivity contribution in [3.05, 3.63) is 23.8 Å². The standard InChI is InChI=1S/C12H17N5O6S/c1-16(11(20)7-2-3-9(18)10(19)4-7)15-24(22,23)14-12(21)17-5-8(13)6-17/h2-4,8,15,18-19H,5-6,13H2,1H3,(H,14,21). The topological polar surface area (TPSA) is 165 Å². The van der Waals surface area contributed by atoms with Crippen LogP contribution in [0.1, 0.15) is 10.4 Å².